The summed E-state index contributed by atoms with van der Waals surface area (Å²) in [6, 6.07) is 5.62. The maximum absolute atomic E-state index is 12.8. The third-order valence-corrected chi connectivity index (χ3v) is 5.81. The lowest BCUT2D eigenvalue weighted by molar-refractivity contribution is -0.126. The van der Waals surface area contributed by atoms with Crippen molar-refractivity contribution in [3.63, 3.8) is 0 Å². The van der Waals surface area contributed by atoms with Gasteiger partial charge in [0.2, 0.25) is 23.6 Å². The molecule has 2 aromatic heterocycles. The average molecular weight is 457 g/mol. The lowest BCUT2D eigenvalue weighted by Crippen LogP contribution is -2.37. The van der Waals surface area contributed by atoms with E-state index in [1.165, 1.54) is 0 Å². The molecule has 0 aliphatic heterocycles. The monoisotopic (exact) mass is 456 g/mol. The van der Waals surface area contributed by atoms with E-state index in [-0.39, 0.29) is 17.9 Å². The quantitative estimate of drug-likeness (QED) is 0.420. The highest BCUT2D eigenvalue weighted by molar-refractivity contribution is 6.31. The van der Waals surface area contributed by atoms with Gasteiger partial charge in [0.1, 0.15) is 5.82 Å². The maximum Gasteiger partial charge on any atom is 0.227 e. The summed E-state index contributed by atoms with van der Waals surface area (Å²) in [5, 5.41) is 23.7. The van der Waals surface area contributed by atoms with Crippen LogP contribution in [0.4, 0.5) is 11.9 Å². The molecular weight excluding hydrogens is 432 g/mol. The fourth-order valence-electron chi connectivity index (χ4n) is 3.84. The third-order valence-electron chi connectivity index (χ3n) is 5.46. The number of anilines is 2. The van der Waals surface area contributed by atoms with Crippen molar-refractivity contribution in [2.24, 2.45) is 5.92 Å². The normalized spacial score (nSPS) is 18.2. The number of nitrogens with zero attached hydrogens (tertiary/aromatic N) is 6. The van der Waals surface area contributed by atoms with Gasteiger partial charge in [-0.25, -0.2) is 0 Å². The van der Waals surface area contributed by atoms with E-state index >= 15 is 0 Å². The average Bonchev–Trinajstić information content (AvgIpc) is 3.33. The number of aryl methyl sites for hydroxylation is 1. The molecule has 11 nitrogen and oxygen atoms in total. The molecule has 4 N–H and O–H groups in total. The highest BCUT2D eigenvalue weighted by Gasteiger charge is 2.28. The molecule has 2 atom stereocenters. The maximum atomic E-state index is 12.8. The number of aromatic amines is 1. The number of nitrogens with one attached hydrogen (secondary N) is 4. The van der Waals surface area contributed by atoms with Gasteiger partial charge in [0.25, 0.3) is 0 Å². The van der Waals surface area contributed by atoms with Crippen LogP contribution in [0.1, 0.15) is 37.1 Å². The zero-order chi connectivity index (χ0) is 22.5. The topological polar surface area (TPSA) is 146 Å². The third kappa shape index (κ3) is 5.28. The Morgan fingerprint density at radius 1 is 1.22 bits per heavy atom. The van der Waals surface area contributed by atoms with Crippen LogP contribution in [0.2, 0.25) is 5.02 Å². The van der Waals surface area contributed by atoms with Crippen molar-refractivity contribution >= 4 is 29.4 Å². The predicted molar refractivity (Wildman–Crippen MR) is 120 cm³/mol. The number of H-pyrrole nitrogens is 1. The number of benzene rings is 1. The van der Waals surface area contributed by atoms with E-state index < -0.39 is 0 Å². The second-order valence-corrected chi connectivity index (χ2v) is 8.15. The van der Waals surface area contributed by atoms with Crippen LogP contribution in [-0.2, 0) is 11.3 Å². The Labute approximate surface area is 190 Å². The van der Waals surface area contributed by atoms with E-state index in [0.29, 0.717) is 35.1 Å². The molecule has 0 radical (unpaired) electrons. The minimum absolute atomic E-state index is 0.0255. The van der Waals surface area contributed by atoms with Crippen molar-refractivity contribution in [2.75, 3.05) is 17.7 Å². The summed E-state index contributed by atoms with van der Waals surface area (Å²) in [6.45, 7) is 2.18. The second-order valence-electron chi connectivity index (χ2n) is 7.74. The van der Waals surface area contributed by atoms with Gasteiger partial charge in [-0.05, 0) is 43.0 Å². The molecule has 12 heteroatoms. The number of carbonyl (C=O) groups is 1. The first-order valence-electron chi connectivity index (χ1n) is 10.5. The summed E-state index contributed by atoms with van der Waals surface area (Å²) in [5.41, 5.74) is 1.59. The van der Waals surface area contributed by atoms with Crippen LogP contribution >= 0.6 is 11.6 Å². The largest absolute Gasteiger partial charge is 0.357 e. The summed E-state index contributed by atoms with van der Waals surface area (Å²) in [5.74, 6) is 2.11. The summed E-state index contributed by atoms with van der Waals surface area (Å²) in [7, 11) is 1.77. The Kier molecular flexibility index (Phi) is 6.74. The predicted octanol–water partition coefficient (Wildman–Crippen LogP) is 2.34. The Balaban J connectivity index is 1.33. The molecule has 0 saturated heterocycles. The van der Waals surface area contributed by atoms with Crippen LogP contribution in [0, 0.1) is 12.8 Å². The van der Waals surface area contributed by atoms with E-state index in [1.54, 1.807) is 13.1 Å². The van der Waals surface area contributed by atoms with Gasteiger partial charge < -0.3 is 16.0 Å². The van der Waals surface area contributed by atoms with Crippen molar-refractivity contribution < 1.29 is 4.79 Å². The summed E-state index contributed by atoms with van der Waals surface area (Å²) >= 11 is 6.39. The first kappa shape index (κ1) is 21.9. The number of amides is 1. The standard InChI is InChI=1S/C20H25ClN10O/c1-11-24-19(22-2)27-20(25-11)26-15-5-3-4-13(8-15)18(32)23-10-14-7-6-12(9-16(14)21)17-28-30-31-29-17/h6-7,9,13,15H,3-5,8,10H2,1-2H3,(H,23,32)(H,28,29,30,31)(H2,22,24,25,26,27)/t13-,15+/m0/s1. The van der Waals surface area contributed by atoms with Crippen LogP contribution in [0.3, 0.4) is 0 Å². The molecule has 1 amide bonds. The lowest BCUT2D eigenvalue weighted by atomic mass is 9.85. The molecule has 1 fully saturated rings. The molecule has 0 bridgehead atoms. The lowest BCUT2D eigenvalue weighted by Gasteiger charge is -2.29. The molecule has 2 heterocycles. The summed E-state index contributed by atoms with van der Waals surface area (Å²) in [6.07, 6.45) is 3.49. The molecule has 1 saturated carbocycles. The molecule has 1 aliphatic rings. The van der Waals surface area contributed by atoms with E-state index in [4.69, 9.17) is 11.6 Å². The van der Waals surface area contributed by atoms with Gasteiger partial charge in [0.05, 0.1) is 0 Å². The second kappa shape index (κ2) is 9.86. The van der Waals surface area contributed by atoms with Gasteiger partial charge in [-0.15, -0.1) is 10.2 Å². The van der Waals surface area contributed by atoms with Crippen LogP contribution < -0.4 is 16.0 Å². The highest BCUT2D eigenvalue weighted by Crippen LogP contribution is 2.27. The molecular formula is C20H25ClN10O. The number of carbonyl (C=O) groups excluding carboxylic acids is 1. The molecule has 1 aliphatic carbocycles. The Morgan fingerprint density at radius 3 is 2.81 bits per heavy atom. The zero-order valence-electron chi connectivity index (χ0n) is 17.9. The first-order valence-corrected chi connectivity index (χ1v) is 10.9. The van der Waals surface area contributed by atoms with Crippen molar-refractivity contribution in [1.82, 2.24) is 40.9 Å². The highest BCUT2D eigenvalue weighted by atomic mass is 35.5. The fourth-order valence-corrected chi connectivity index (χ4v) is 4.09. The van der Waals surface area contributed by atoms with Gasteiger partial charge in [-0.3, -0.25) is 4.79 Å². The Bertz CT molecular complexity index is 1070. The van der Waals surface area contributed by atoms with Crippen LogP contribution in [0.15, 0.2) is 18.2 Å². The zero-order valence-corrected chi connectivity index (χ0v) is 18.6. The number of hydrogen-bond donors (Lipinski definition) is 4. The minimum atomic E-state index is -0.0784. The SMILES string of the molecule is CNc1nc(C)nc(N[C@@H]2CCC[C@H](C(=O)NCc3ccc(-c4nn[nH]n4)cc3Cl)C2)n1. The van der Waals surface area contributed by atoms with E-state index in [0.717, 1.165) is 36.8 Å². The molecule has 3 aromatic rings. The van der Waals surface area contributed by atoms with E-state index in [1.807, 2.05) is 19.1 Å². The van der Waals surface area contributed by atoms with Crippen LogP contribution in [0.5, 0.6) is 0 Å². The van der Waals surface area contributed by atoms with E-state index in [9.17, 15) is 4.79 Å². The summed E-state index contributed by atoms with van der Waals surface area (Å²) in [4.78, 5) is 25.7. The van der Waals surface area contributed by atoms with Gasteiger partial charge in [0, 0.05) is 36.1 Å². The molecule has 0 spiro atoms. The number of rotatable bonds is 7. The summed E-state index contributed by atoms with van der Waals surface area (Å²) < 4.78 is 0. The van der Waals surface area contributed by atoms with Crippen molar-refractivity contribution in [3.05, 3.63) is 34.6 Å². The van der Waals surface area contributed by atoms with Crippen molar-refractivity contribution in [2.45, 2.75) is 45.2 Å². The molecule has 168 valence electrons. The van der Waals surface area contributed by atoms with Gasteiger partial charge in [0.15, 0.2) is 0 Å². The molecule has 32 heavy (non-hydrogen) atoms. The van der Waals surface area contributed by atoms with Crippen molar-refractivity contribution in [1.29, 1.82) is 0 Å². The Hall–Kier alpha value is -3.34. The number of tetrazole rings is 1. The van der Waals surface area contributed by atoms with Crippen LogP contribution in [0.25, 0.3) is 11.4 Å². The molecule has 0 unspecified atom stereocenters. The first-order chi connectivity index (χ1) is 15.5. The number of aromatic nitrogens is 7. The number of hydrogen-bond acceptors (Lipinski definition) is 9. The number of halogens is 1. The van der Waals surface area contributed by atoms with Gasteiger partial charge in [-0.2, -0.15) is 20.2 Å². The van der Waals surface area contributed by atoms with Gasteiger partial charge in [-0.1, -0.05) is 30.2 Å². The van der Waals surface area contributed by atoms with Gasteiger partial charge >= 0.3 is 0 Å². The fraction of sp³-hybridized carbons (Fsp3) is 0.450. The van der Waals surface area contributed by atoms with Crippen LogP contribution in [-0.4, -0.2) is 54.6 Å². The van der Waals surface area contributed by atoms with Crippen molar-refractivity contribution in [3.8, 4) is 11.4 Å². The molecule has 4 rings (SSSR count). The smallest absolute Gasteiger partial charge is 0.227 e. The minimum Gasteiger partial charge on any atom is -0.357 e. The van der Waals surface area contributed by atoms with E-state index in [2.05, 4.69) is 51.5 Å². The molecule has 1 aromatic carbocycles. The Morgan fingerprint density at radius 2 is 2.06 bits per heavy atom.